The Morgan fingerprint density at radius 3 is 2.27 bits per heavy atom. The summed E-state index contributed by atoms with van der Waals surface area (Å²) >= 11 is 3.32. The summed E-state index contributed by atoms with van der Waals surface area (Å²) in [5, 5.41) is 5.13. The number of nitrogens with one attached hydrogen (secondary N) is 2. The van der Waals surface area contributed by atoms with Crippen molar-refractivity contribution in [3.05, 3.63) is 82.1 Å². The van der Waals surface area contributed by atoms with Gasteiger partial charge < -0.3 is 20.1 Å². The molecule has 30 heavy (non-hydrogen) atoms. The van der Waals surface area contributed by atoms with Crippen LogP contribution in [0.15, 0.2) is 65.1 Å². The Bertz CT molecular complexity index is 1090. The predicted octanol–water partition coefficient (Wildman–Crippen LogP) is 5.00. The van der Waals surface area contributed by atoms with Crippen LogP contribution in [-0.4, -0.2) is 26.0 Å². The normalized spacial score (nSPS) is 10.3. The zero-order chi connectivity index (χ0) is 21.7. The quantitative estimate of drug-likeness (QED) is 0.529. The molecule has 2 N–H and O–H groups in total. The molecule has 0 unspecified atom stereocenters. The molecule has 3 aromatic rings. The summed E-state index contributed by atoms with van der Waals surface area (Å²) in [5.41, 5.74) is 0.575. The fourth-order valence-electron chi connectivity index (χ4n) is 2.63. The smallest absolute Gasteiger partial charge is 0.255 e. The lowest BCUT2D eigenvalue weighted by Gasteiger charge is -2.12. The summed E-state index contributed by atoms with van der Waals surface area (Å²) in [6.45, 7) is 0. The van der Waals surface area contributed by atoms with Crippen LogP contribution in [0.5, 0.6) is 17.2 Å². The minimum Gasteiger partial charge on any atom is -0.497 e. The second-order valence-corrected chi connectivity index (χ2v) is 7.06. The van der Waals surface area contributed by atoms with Gasteiger partial charge in [-0.1, -0.05) is 15.9 Å². The molecular formula is C22H18BrFN2O4. The van der Waals surface area contributed by atoms with Crippen molar-refractivity contribution in [2.75, 3.05) is 19.5 Å². The van der Waals surface area contributed by atoms with Gasteiger partial charge in [-0.25, -0.2) is 4.39 Å². The number of carbonyl (C=O) groups excluding carboxylic acids is 2. The maximum Gasteiger partial charge on any atom is 0.255 e. The second kappa shape index (κ2) is 9.41. The van der Waals surface area contributed by atoms with Gasteiger partial charge in [0.1, 0.15) is 11.5 Å². The lowest BCUT2D eigenvalue weighted by atomic mass is 10.1. The highest BCUT2D eigenvalue weighted by Gasteiger charge is 2.16. The van der Waals surface area contributed by atoms with E-state index in [1.165, 1.54) is 32.4 Å². The van der Waals surface area contributed by atoms with Crippen molar-refractivity contribution in [1.29, 1.82) is 0 Å². The van der Waals surface area contributed by atoms with Gasteiger partial charge in [0, 0.05) is 17.1 Å². The van der Waals surface area contributed by atoms with Crippen LogP contribution in [0.25, 0.3) is 0 Å². The predicted molar refractivity (Wildman–Crippen MR) is 115 cm³/mol. The highest BCUT2D eigenvalue weighted by molar-refractivity contribution is 9.10. The number of methoxy groups -OCH3 is 1. The van der Waals surface area contributed by atoms with Crippen LogP contribution in [0.4, 0.5) is 10.1 Å². The topological polar surface area (TPSA) is 76.7 Å². The Morgan fingerprint density at radius 2 is 1.63 bits per heavy atom. The third kappa shape index (κ3) is 4.96. The van der Waals surface area contributed by atoms with Crippen LogP contribution in [0.2, 0.25) is 0 Å². The number of benzene rings is 3. The Labute approximate surface area is 181 Å². The van der Waals surface area contributed by atoms with E-state index in [0.717, 1.165) is 10.5 Å². The van der Waals surface area contributed by atoms with Crippen LogP contribution in [0.3, 0.4) is 0 Å². The third-order valence-electron chi connectivity index (χ3n) is 4.18. The minimum absolute atomic E-state index is 0.00984. The number of anilines is 1. The van der Waals surface area contributed by atoms with Gasteiger partial charge in [0.2, 0.25) is 0 Å². The highest BCUT2D eigenvalue weighted by Crippen LogP contribution is 2.27. The van der Waals surface area contributed by atoms with Crippen molar-refractivity contribution in [2.24, 2.45) is 0 Å². The van der Waals surface area contributed by atoms with E-state index >= 15 is 0 Å². The summed E-state index contributed by atoms with van der Waals surface area (Å²) in [6, 6.07) is 15.5. The fourth-order valence-corrected chi connectivity index (χ4v) is 2.90. The average molecular weight is 473 g/mol. The first-order chi connectivity index (χ1) is 14.4. The number of hydrogen-bond acceptors (Lipinski definition) is 4. The third-order valence-corrected chi connectivity index (χ3v) is 4.71. The van der Waals surface area contributed by atoms with Crippen molar-refractivity contribution in [1.82, 2.24) is 5.32 Å². The van der Waals surface area contributed by atoms with Gasteiger partial charge in [0.15, 0.2) is 11.6 Å². The first-order valence-corrected chi connectivity index (χ1v) is 9.65. The molecule has 0 heterocycles. The molecule has 0 fully saturated rings. The number of amides is 2. The van der Waals surface area contributed by atoms with E-state index < -0.39 is 17.6 Å². The van der Waals surface area contributed by atoms with Crippen LogP contribution in [0, 0.1) is 5.82 Å². The van der Waals surface area contributed by atoms with Gasteiger partial charge in [0.25, 0.3) is 11.8 Å². The van der Waals surface area contributed by atoms with Gasteiger partial charge in [0.05, 0.1) is 18.4 Å². The van der Waals surface area contributed by atoms with E-state index in [9.17, 15) is 14.0 Å². The van der Waals surface area contributed by atoms with Crippen molar-refractivity contribution < 1.29 is 23.5 Å². The molecule has 0 aliphatic heterocycles. The molecule has 3 aromatic carbocycles. The van der Waals surface area contributed by atoms with E-state index in [-0.39, 0.29) is 22.6 Å². The van der Waals surface area contributed by atoms with E-state index in [0.29, 0.717) is 11.5 Å². The van der Waals surface area contributed by atoms with E-state index in [4.69, 9.17) is 9.47 Å². The Kier molecular flexibility index (Phi) is 6.68. The number of halogens is 2. The highest BCUT2D eigenvalue weighted by atomic mass is 79.9. The molecule has 0 bridgehead atoms. The molecule has 0 spiro atoms. The largest absolute Gasteiger partial charge is 0.497 e. The Morgan fingerprint density at radius 1 is 0.933 bits per heavy atom. The maximum absolute atomic E-state index is 14.5. The molecule has 6 nitrogen and oxygen atoms in total. The molecule has 0 aromatic heterocycles. The van der Waals surface area contributed by atoms with Gasteiger partial charge in [-0.15, -0.1) is 0 Å². The van der Waals surface area contributed by atoms with Crippen LogP contribution < -0.4 is 20.1 Å². The van der Waals surface area contributed by atoms with Gasteiger partial charge in [-0.05, 0) is 60.7 Å². The number of rotatable bonds is 6. The SMILES string of the molecule is CNC(=O)c1cc(OC)ccc1NC(=O)c1ccc(Oc2ccc(Br)cc2)c(F)c1. The number of hydrogen-bond donors (Lipinski definition) is 2. The summed E-state index contributed by atoms with van der Waals surface area (Å²) in [5.74, 6) is -0.737. The molecule has 8 heteroatoms. The molecule has 2 amide bonds. The van der Waals surface area contributed by atoms with E-state index in [2.05, 4.69) is 26.6 Å². The molecule has 0 aliphatic rings. The maximum atomic E-state index is 14.5. The summed E-state index contributed by atoms with van der Waals surface area (Å²) in [6.07, 6.45) is 0. The number of carbonyl (C=O) groups is 2. The van der Waals surface area contributed by atoms with Gasteiger partial charge in [-0.2, -0.15) is 0 Å². The molecule has 3 rings (SSSR count). The first-order valence-electron chi connectivity index (χ1n) is 8.85. The monoisotopic (exact) mass is 472 g/mol. The van der Waals surface area contributed by atoms with Gasteiger partial charge in [-0.3, -0.25) is 9.59 Å². The summed E-state index contributed by atoms with van der Waals surface area (Å²) < 4.78 is 26.0. The fraction of sp³-hybridized carbons (Fsp3) is 0.0909. The first kappa shape index (κ1) is 21.3. The molecule has 0 radical (unpaired) electrons. The van der Waals surface area contributed by atoms with Crippen molar-refractivity contribution >= 4 is 33.4 Å². The van der Waals surface area contributed by atoms with Crippen LogP contribution in [-0.2, 0) is 0 Å². The summed E-state index contributed by atoms with van der Waals surface area (Å²) in [4.78, 5) is 24.7. The zero-order valence-corrected chi connectivity index (χ0v) is 17.7. The van der Waals surface area contributed by atoms with E-state index in [1.807, 2.05) is 0 Å². The molecule has 0 saturated carbocycles. The molecular weight excluding hydrogens is 455 g/mol. The lowest BCUT2D eigenvalue weighted by Crippen LogP contribution is -2.21. The number of ether oxygens (including phenoxy) is 2. The van der Waals surface area contributed by atoms with Crippen molar-refractivity contribution in [3.8, 4) is 17.2 Å². The van der Waals surface area contributed by atoms with Crippen LogP contribution in [0.1, 0.15) is 20.7 Å². The average Bonchev–Trinajstić information content (AvgIpc) is 2.76. The van der Waals surface area contributed by atoms with Crippen molar-refractivity contribution in [3.63, 3.8) is 0 Å². The molecule has 0 atom stereocenters. The molecule has 154 valence electrons. The summed E-state index contributed by atoms with van der Waals surface area (Å²) in [7, 11) is 2.95. The van der Waals surface area contributed by atoms with Crippen LogP contribution >= 0.6 is 15.9 Å². The van der Waals surface area contributed by atoms with Crippen molar-refractivity contribution in [2.45, 2.75) is 0 Å². The molecule has 0 aliphatic carbocycles. The molecule has 0 saturated heterocycles. The second-order valence-electron chi connectivity index (χ2n) is 6.15. The van der Waals surface area contributed by atoms with E-state index in [1.54, 1.807) is 36.4 Å². The van der Waals surface area contributed by atoms with Gasteiger partial charge >= 0.3 is 0 Å². The Hall–Kier alpha value is -3.39. The Balaban J connectivity index is 1.80. The minimum atomic E-state index is -0.688. The standard InChI is InChI=1S/C22H18BrFN2O4/c1-25-22(28)17-12-16(29-2)8-9-19(17)26-21(27)13-3-10-20(18(24)11-13)30-15-6-4-14(23)5-7-15/h3-12H,1-2H3,(H,25,28)(H,26,27). The zero-order valence-electron chi connectivity index (χ0n) is 16.2. The lowest BCUT2D eigenvalue weighted by molar-refractivity contribution is 0.0963.